The summed E-state index contributed by atoms with van der Waals surface area (Å²) in [7, 11) is 3.44. The summed E-state index contributed by atoms with van der Waals surface area (Å²) in [6, 6.07) is 12.9. The summed E-state index contributed by atoms with van der Waals surface area (Å²) >= 11 is 0. The number of carboxylic acids is 1. The third-order valence-corrected chi connectivity index (χ3v) is 3.18. The van der Waals surface area contributed by atoms with Crippen LogP contribution in [0.25, 0.3) is 0 Å². The lowest BCUT2D eigenvalue weighted by Gasteiger charge is -2.22. The van der Waals surface area contributed by atoms with Crippen LogP contribution in [0.3, 0.4) is 0 Å². The minimum absolute atomic E-state index is 0.287. The van der Waals surface area contributed by atoms with Gasteiger partial charge in [0.2, 0.25) is 0 Å². The molecule has 0 aromatic heterocycles. The Bertz CT molecular complexity index is 637. The Balaban J connectivity index is 2.47. The number of aromatic carboxylic acids is 1. The number of benzene rings is 2. The molecule has 0 aliphatic rings. The molecule has 0 fully saturated rings. The Morgan fingerprint density at radius 2 is 1.95 bits per heavy atom. The normalized spacial score (nSPS) is 10.2. The van der Waals surface area contributed by atoms with E-state index >= 15 is 0 Å². The first kappa shape index (κ1) is 13.9. The predicted molar refractivity (Wildman–Crippen MR) is 79.2 cm³/mol. The quantitative estimate of drug-likeness (QED) is 0.925. The average Bonchev–Trinajstić information content (AvgIpc) is 2.46. The molecule has 0 heterocycles. The second-order valence-corrected chi connectivity index (χ2v) is 4.59. The smallest absolute Gasteiger partial charge is 0.337 e. The summed E-state index contributed by atoms with van der Waals surface area (Å²) < 4.78 is 5.19. The second-order valence-electron chi connectivity index (χ2n) is 4.59. The molecule has 1 N–H and O–H groups in total. The molecule has 0 saturated carbocycles. The highest BCUT2D eigenvalue weighted by atomic mass is 16.5. The lowest BCUT2D eigenvalue weighted by molar-refractivity contribution is 0.0697. The Labute approximate surface area is 118 Å². The standard InChI is InChI=1S/C16H17NO3/c1-11-7-8-15(14(9-11)16(18)19)17(2)12-5-4-6-13(10-12)20-3/h4-10H,1-3H3,(H,18,19). The van der Waals surface area contributed by atoms with Crippen LogP contribution >= 0.6 is 0 Å². The number of ether oxygens (including phenoxy) is 1. The van der Waals surface area contributed by atoms with Crippen molar-refractivity contribution in [3.05, 3.63) is 53.6 Å². The lowest BCUT2D eigenvalue weighted by Crippen LogP contribution is -2.14. The first-order valence-corrected chi connectivity index (χ1v) is 6.24. The van der Waals surface area contributed by atoms with Gasteiger partial charge in [-0.2, -0.15) is 0 Å². The Hall–Kier alpha value is -2.49. The van der Waals surface area contributed by atoms with E-state index in [1.54, 1.807) is 13.2 Å². The zero-order chi connectivity index (χ0) is 14.7. The van der Waals surface area contributed by atoms with E-state index in [1.807, 2.05) is 55.3 Å². The van der Waals surface area contributed by atoms with E-state index in [9.17, 15) is 9.90 Å². The SMILES string of the molecule is COc1cccc(N(C)c2ccc(C)cc2C(=O)O)c1. The average molecular weight is 271 g/mol. The van der Waals surface area contributed by atoms with Crippen LogP contribution in [-0.2, 0) is 0 Å². The minimum atomic E-state index is -0.932. The fourth-order valence-electron chi connectivity index (χ4n) is 2.07. The van der Waals surface area contributed by atoms with Gasteiger partial charge in [0.1, 0.15) is 5.75 Å². The predicted octanol–water partition coefficient (Wildman–Crippen LogP) is 3.47. The largest absolute Gasteiger partial charge is 0.497 e. The molecule has 0 radical (unpaired) electrons. The van der Waals surface area contributed by atoms with Gasteiger partial charge in [-0.05, 0) is 31.2 Å². The molecule has 4 nitrogen and oxygen atoms in total. The summed E-state index contributed by atoms with van der Waals surface area (Å²) in [5, 5.41) is 9.34. The molecule has 2 aromatic rings. The fraction of sp³-hybridized carbons (Fsp3) is 0.188. The highest BCUT2D eigenvalue weighted by Gasteiger charge is 2.15. The molecule has 0 aliphatic carbocycles. The number of methoxy groups -OCH3 is 1. The monoisotopic (exact) mass is 271 g/mol. The van der Waals surface area contributed by atoms with Crippen LogP contribution in [0.15, 0.2) is 42.5 Å². The third-order valence-electron chi connectivity index (χ3n) is 3.18. The van der Waals surface area contributed by atoms with Gasteiger partial charge in [-0.15, -0.1) is 0 Å². The second kappa shape index (κ2) is 5.65. The van der Waals surface area contributed by atoms with Crippen LogP contribution in [0, 0.1) is 6.92 Å². The van der Waals surface area contributed by atoms with E-state index in [0.29, 0.717) is 5.69 Å². The maximum absolute atomic E-state index is 11.4. The molecule has 0 unspecified atom stereocenters. The van der Waals surface area contributed by atoms with E-state index in [2.05, 4.69) is 0 Å². The third kappa shape index (κ3) is 2.74. The fourth-order valence-corrected chi connectivity index (χ4v) is 2.07. The summed E-state index contributed by atoms with van der Waals surface area (Å²) in [5.41, 5.74) is 2.73. The zero-order valence-corrected chi connectivity index (χ0v) is 11.8. The van der Waals surface area contributed by atoms with E-state index in [0.717, 1.165) is 17.0 Å². The number of rotatable bonds is 4. The van der Waals surface area contributed by atoms with Crippen LogP contribution in [0.4, 0.5) is 11.4 Å². The number of aryl methyl sites for hydroxylation is 1. The van der Waals surface area contributed by atoms with Crippen LogP contribution < -0.4 is 9.64 Å². The van der Waals surface area contributed by atoms with Gasteiger partial charge in [-0.25, -0.2) is 4.79 Å². The van der Waals surface area contributed by atoms with Crippen molar-refractivity contribution >= 4 is 17.3 Å². The van der Waals surface area contributed by atoms with Gasteiger partial charge >= 0.3 is 5.97 Å². The number of hydrogen-bond donors (Lipinski definition) is 1. The van der Waals surface area contributed by atoms with Gasteiger partial charge in [-0.3, -0.25) is 0 Å². The van der Waals surface area contributed by atoms with Crippen LogP contribution in [0.1, 0.15) is 15.9 Å². The maximum atomic E-state index is 11.4. The maximum Gasteiger partial charge on any atom is 0.337 e. The molecule has 0 aliphatic heterocycles. The van der Waals surface area contributed by atoms with E-state index < -0.39 is 5.97 Å². The van der Waals surface area contributed by atoms with E-state index in [-0.39, 0.29) is 5.56 Å². The Morgan fingerprint density at radius 3 is 2.60 bits per heavy atom. The summed E-state index contributed by atoms with van der Waals surface area (Å²) in [4.78, 5) is 13.2. The molecule has 2 rings (SSSR count). The number of hydrogen-bond acceptors (Lipinski definition) is 3. The van der Waals surface area contributed by atoms with Gasteiger partial charge in [0.15, 0.2) is 0 Å². The van der Waals surface area contributed by atoms with E-state index in [4.69, 9.17) is 4.74 Å². The Kier molecular flexibility index (Phi) is 3.94. The van der Waals surface area contributed by atoms with Gasteiger partial charge in [0.25, 0.3) is 0 Å². The number of anilines is 2. The molecular formula is C16H17NO3. The van der Waals surface area contributed by atoms with Crippen molar-refractivity contribution in [1.29, 1.82) is 0 Å². The zero-order valence-electron chi connectivity index (χ0n) is 11.8. The first-order valence-electron chi connectivity index (χ1n) is 6.24. The van der Waals surface area contributed by atoms with Crippen molar-refractivity contribution in [3.8, 4) is 5.75 Å². The molecule has 0 spiro atoms. The molecule has 0 saturated heterocycles. The summed E-state index contributed by atoms with van der Waals surface area (Å²) in [6.07, 6.45) is 0. The molecule has 0 atom stereocenters. The Morgan fingerprint density at radius 1 is 1.20 bits per heavy atom. The number of nitrogens with zero attached hydrogens (tertiary/aromatic N) is 1. The first-order chi connectivity index (χ1) is 9.52. The van der Waals surface area contributed by atoms with Crippen molar-refractivity contribution in [1.82, 2.24) is 0 Å². The highest BCUT2D eigenvalue weighted by molar-refractivity contribution is 5.95. The molecule has 104 valence electrons. The highest BCUT2D eigenvalue weighted by Crippen LogP contribution is 2.30. The molecule has 4 heteroatoms. The number of carbonyl (C=O) groups is 1. The van der Waals surface area contributed by atoms with Crippen LogP contribution in [-0.4, -0.2) is 25.2 Å². The molecule has 0 bridgehead atoms. The van der Waals surface area contributed by atoms with Gasteiger partial charge in [-0.1, -0.05) is 17.7 Å². The van der Waals surface area contributed by atoms with Crippen LogP contribution in [0.2, 0.25) is 0 Å². The van der Waals surface area contributed by atoms with Gasteiger partial charge in [0.05, 0.1) is 18.4 Å². The molecule has 20 heavy (non-hydrogen) atoms. The van der Waals surface area contributed by atoms with Gasteiger partial charge < -0.3 is 14.7 Å². The van der Waals surface area contributed by atoms with Crippen molar-refractivity contribution in [2.45, 2.75) is 6.92 Å². The summed E-state index contributed by atoms with van der Waals surface area (Å²) in [6.45, 7) is 1.88. The van der Waals surface area contributed by atoms with Gasteiger partial charge in [0, 0.05) is 18.8 Å². The summed E-state index contributed by atoms with van der Waals surface area (Å²) in [5.74, 6) is -0.197. The van der Waals surface area contributed by atoms with Crippen molar-refractivity contribution in [2.75, 3.05) is 19.1 Å². The number of carboxylic acid groups (broad SMARTS) is 1. The molecular weight excluding hydrogens is 254 g/mol. The lowest BCUT2D eigenvalue weighted by atomic mass is 10.1. The van der Waals surface area contributed by atoms with Crippen LogP contribution in [0.5, 0.6) is 5.75 Å². The van der Waals surface area contributed by atoms with Crippen molar-refractivity contribution in [2.24, 2.45) is 0 Å². The molecule has 2 aromatic carbocycles. The minimum Gasteiger partial charge on any atom is -0.497 e. The van der Waals surface area contributed by atoms with E-state index in [1.165, 1.54) is 0 Å². The van der Waals surface area contributed by atoms with Crippen molar-refractivity contribution < 1.29 is 14.6 Å². The topological polar surface area (TPSA) is 49.8 Å². The van der Waals surface area contributed by atoms with Crippen molar-refractivity contribution in [3.63, 3.8) is 0 Å². The molecule has 0 amide bonds.